The van der Waals surface area contributed by atoms with Gasteiger partial charge in [-0.05, 0) is 61.6 Å². The molecule has 35 heavy (non-hydrogen) atoms. The molecule has 4 rings (SSSR count). The van der Waals surface area contributed by atoms with Gasteiger partial charge < -0.3 is 19.8 Å². The molecule has 1 amide bonds. The first-order valence-corrected chi connectivity index (χ1v) is 12.7. The number of nitrogens with zero attached hydrogens (tertiary/aromatic N) is 1. The summed E-state index contributed by atoms with van der Waals surface area (Å²) in [5, 5.41) is 23.9. The maximum Gasteiger partial charge on any atom is 0.328 e. The van der Waals surface area contributed by atoms with E-state index in [2.05, 4.69) is 5.32 Å². The second-order valence-electron chi connectivity index (χ2n) is 10.0. The second kappa shape index (κ2) is 11.1. The Labute approximate surface area is 207 Å². The maximum absolute atomic E-state index is 13.1. The van der Waals surface area contributed by atoms with Crippen LogP contribution in [0.15, 0.2) is 42.5 Å². The third-order valence-corrected chi connectivity index (χ3v) is 7.14. The molecule has 2 aromatic carbocycles. The Kier molecular flexibility index (Phi) is 7.96. The Hall–Kier alpha value is -3.06. The van der Waals surface area contributed by atoms with Gasteiger partial charge in [0.15, 0.2) is 0 Å². The van der Waals surface area contributed by atoms with E-state index in [4.69, 9.17) is 4.74 Å². The van der Waals surface area contributed by atoms with E-state index in [1.54, 1.807) is 11.0 Å². The summed E-state index contributed by atoms with van der Waals surface area (Å²) >= 11 is 0. The molecule has 1 heterocycles. The van der Waals surface area contributed by atoms with Gasteiger partial charge in [-0.1, -0.05) is 44.2 Å². The molecule has 0 spiro atoms. The van der Waals surface area contributed by atoms with Crippen molar-refractivity contribution in [2.45, 2.75) is 76.5 Å². The average molecular weight is 481 g/mol. The summed E-state index contributed by atoms with van der Waals surface area (Å²) in [5.41, 5.74) is 1.72. The predicted molar refractivity (Wildman–Crippen MR) is 133 cm³/mol. The van der Waals surface area contributed by atoms with Gasteiger partial charge in [0.2, 0.25) is 0 Å². The Morgan fingerprint density at radius 3 is 2.26 bits per heavy atom. The molecule has 3 N–H and O–H groups in total. The molecule has 1 aliphatic carbocycles. The fraction of sp³-hybridized carbons (Fsp3) is 0.500. The number of ether oxygens (including phenoxy) is 1. The number of carbonyl (C=O) groups excluding carboxylic acids is 2. The lowest BCUT2D eigenvalue weighted by molar-refractivity contribution is -0.152. The van der Waals surface area contributed by atoms with E-state index in [1.807, 2.05) is 44.2 Å². The normalized spacial score (nSPS) is 18.1. The lowest BCUT2D eigenvalue weighted by atomic mass is 9.97. The van der Waals surface area contributed by atoms with Crippen LogP contribution in [0, 0.1) is 0 Å². The molecule has 0 bridgehead atoms. The highest BCUT2D eigenvalue weighted by Gasteiger charge is 2.32. The van der Waals surface area contributed by atoms with Crippen LogP contribution in [0.25, 0.3) is 0 Å². The SMILES string of the molecule is CC(C)c1cc(C(=O)N2CCC(N[C@H](C(=O)OC3CCCC3)c3ccccc3)CC2)c(O)cc1O. The van der Waals surface area contributed by atoms with Crippen LogP contribution in [0.1, 0.15) is 85.8 Å². The van der Waals surface area contributed by atoms with Crippen molar-refractivity contribution in [1.29, 1.82) is 0 Å². The number of amides is 1. The van der Waals surface area contributed by atoms with Crippen molar-refractivity contribution in [2.24, 2.45) is 0 Å². The molecule has 1 saturated carbocycles. The number of nitrogens with one attached hydrogen (secondary N) is 1. The molecule has 0 radical (unpaired) electrons. The number of likely N-dealkylation sites (tertiary alicyclic amines) is 1. The molecular weight excluding hydrogens is 444 g/mol. The number of esters is 1. The fourth-order valence-electron chi connectivity index (χ4n) is 5.07. The van der Waals surface area contributed by atoms with Gasteiger partial charge in [0.05, 0.1) is 5.56 Å². The van der Waals surface area contributed by atoms with Gasteiger partial charge in [0.1, 0.15) is 23.6 Å². The van der Waals surface area contributed by atoms with Crippen LogP contribution >= 0.6 is 0 Å². The third kappa shape index (κ3) is 5.96. The van der Waals surface area contributed by atoms with Crippen molar-refractivity contribution in [3.8, 4) is 11.5 Å². The molecule has 2 aliphatic rings. The van der Waals surface area contributed by atoms with Crippen molar-refractivity contribution < 1.29 is 24.5 Å². The number of phenols is 2. The van der Waals surface area contributed by atoms with Crippen LogP contribution in [0.2, 0.25) is 0 Å². The standard InChI is InChI=1S/C28H36N2O5/c1-18(2)22-16-23(25(32)17-24(22)31)27(33)30-14-12-20(13-15-30)29-26(19-8-4-3-5-9-19)28(34)35-21-10-6-7-11-21/h3-5,8-9,16-18,20-21,26,29,31-32H,6-7,10-15H2,1-2H3/t26-/m0/s1. The smallest absolute Gasteiger partial charge is 0.328 e. The number of piperidine rings is 1. The molecule has 188 valence electrons. The van der Waals surface area contributed by atoms with Gasteiger partial charge in [-0.3, -0.25) is 10.1 Å². The molecule has 2 fully saturated rings. The van der Waals surface area contributed by atoms with Crippen LogP contribution in [0.3, 0.4) is 0 Å². The van der Waals surface area contributed by atoms with E-state index in [9.17, 15) is 19.8 Å². The van der Waals surface area contributed by atoms with Gasteiger partial charge in [0, 0.05) is 25.2 Å². The number of hydrogen-bond acceptors (Lipinski definition) is 6. The highest BCUT2D eigenvalue weighted by Crippen LogP contribution is 2.33. The first kappa shape index (κ1) is 25.0. The number of benzene rings is 2. The van der Waals surface area contributed by atoms with Gasteiger partial charge in [0.25, 0.3) is 5.91 Å². The second-order valence-corrected chi connectivity index (χ2v) is 10.0. The topological polar surface area (TPSA) is 99.1 Å². The number of phenolic OH excluding ortho intramolecular Hbond substituents is 2. The van der Waals surface area contributed by atoms with Crippen molar-refractivity contribution in [2.75, 3.05) is 13.1 Å². The number of aromatic hydroxyl groups is 2. The third-order valence-electron chi connectivity index (χ3n) is 7.14. The van der Waals surface area contributed by atoms with Crippen molar-refractivity contribution in [3.63, 3.8) is 0 Å². The van der Waals surface area contributed by atoms with Crippen LogP contribution in [-0.2, 0) is 9.53 Å². The Balaban J connectivity index is 1.41. The first-order chi connectivity index (χ1) is 16.8. The van der Waals surface area contributed by atoms with Crippen molar-refractivity contribution in [1.82, 2.24) is 10.2 Å². The molecule has 2 aromatic rings. The summed E-state index contributed by atoms with van der Waals surface area (Å²) in [6.07, 6.45) is 5.42. The zero-order valence-electron chi connectivity index (χ0n) is 20.6. The number of carbonyl (C=O) groups is 2. The minimum atomic E-state index is -0.543. The summed E-state index contributed by atoms with van der Waals surface area (Å²) < 4.78 is 5.83. The molecule has 1 atom stereocenters. The van der Waals surface area contributed by atoms with Gasteiger partial charge >= 0.3 is 5.97 Å². The highest BCUT2D eigenvalue weighted by atomic mass is 16.5. The zero-order valence-corrected chi connectivity index (χ0v) is 20.6. The van der Waals surface area contributed by atoms with E-state index < -0.39 is 6.04 Å². The van der Waals surface area contributed by atoms with Gasteiger partial charge in [-0.25, -0.2) is 4.79 Å². The highest BCUT2D eigenvalue weighted by molar-refractivity contribution is 5.97. The lowest BCUT2D eigenvalue weighted by Gasteiger charge is -2.34. The molecule has 0 unspecified atom stereocenters. The van der Waals surface area contributed by atoms with Crippen molar-refractivity contribution >= 4 is 11.9 Å². The van der Waals surface area contributed by atoms with E-state index in [-0.39, 0.29) is 47.0 Å². The molecule has 7 nitrogen and oxygen atoms in total. The van der Waals surface area contributed by atoms with Gasteiger partial charge in [-0.15, -0.1) is 0 Å². The molecule has 1 saturated heterocycles. The summed E-state index contributed by atoms with van der Waals surface area (Å²) in [6.45, 7) is 4.87. The fourth-order valence-corrected chi connectivity index (χ4v) is 5.07. The molecular formula is C28H36N2O5. The minimum absolute atomic E-state index is 0.00342. The Morgan fingerprint density at radius 2 is 1.63 bits per heavy atom. The lowest BCUT2D eigenvalue weighted by Crippen LogP contribution is -2.47. The van der Waals surface area contributed by atoms with Crippen LogP contribution < -0.4 is 5.32 Å². The number of hydrogen-bond donors (Lipinski definition) is 3. The summed E-state index contributed by atoms with van der Waals surface area (Å²) in [6, 6.07) is 12.0. The predicted octanol–water partition coefficient (Wildman–Crippen LogP) is 4.64. The average Bonchev–Trinajstić information content (AvgIpc) is 3.36. The van der Waals surface area contributed by atoms with Crippen molar-refractivity contribution in [3.05, 3.63) is 59.2 Å². The molecule has 0 aromatic heterocycles. The minimum Gasteiger partial charge on any atom is -0.508 e. The van der Waals surface area contributed by atoms with E-state index in [0.717, 1.165) is 31.2 Å². The summed E-state index contributed by atoms with van der Waals surface area (Å²) in [5.74, 6) is -0.680. The maximum atomic E-state index is 13.1. The largest absolute Gasteiger partial charge is 0.508 e. The van der Waals surface area contributed by atoms with Crippen LogP contribution in [0.5, 0.6) is 11.5 Å². The monoisotopic (exact) mass is 480 g/mol. The van der Waals surface area contributed by atoms with E-state index >= 15 is 0 Å². The summed E-state index contributed by atoms with van der Waals surface area (Å²) in [4.78, 5) is 28.0. The van der Waals surface area contributed by atoms with Crippen LogP contribution in [0.4, 0.5) is 0 Å². The van der Waals surface area contributed by atoms with Crippen LogP contribution in [-0.4, -0.2) is 52.2 Å². The van der Waals surface area contributed by atoms with Gasteiger partial charge in [-0.2, -0.15) is 0 Å². The quantitative estimate of drug-likeness (QED) is 0.499. The molecule has 1 aliphatic heterocycles. The number of rotatable bonds is 7. The Bertz CT molecular complexity index is 1030. The Morgan fingerprint density at radius 1 is 0.971 bits per heavy atom. The van der Waals surface area contributed by atoms with E-state index in [1.165, 1.54) is 6.07 Å². The molecule has 7 heteroatoms. The summed E-state index contributed by atoms with van der Waals surface area (Å²) in [7, 11) is 0. The van der Waals surface area contributed by atoms with E-state index in [0.29, 0.717) is 31.5 Å². The first-order valence-electron chi connectivity index (χ1n) is 12.7. The zero-order chi connectivity index (χ0) is 24.9.